The summed E-state index contributed by atoms with van der Waals surface area (Å²) in [5, 5.41) is 4.24. The maximum absolute atomic E-state index is 13.1. The predicted molar refractivity (Wildman–Crippen MR) is 112 cm³/mol. The molecule has 1 aromatic carbocycles. The lowest BCUT2D eigenvalue weighted by molar-refractivity contribution is -0.136. The number of nitrogens with one attached hydrogen (secondary N) is 1. The highest BCUT2D eigenvalue weighted by Gasteiger charge is 2.30. The van der Waals surface area contributed by atoms with Crippen LogP contribution < -0.4 is 5.32 Å². The fraction of sp³-hybridized carbons (Fsp3) is 0.545. The summed E-state index contributed by atoms with van der Waals surface area (Å²) in [6.45, 7) is 3.94. The summed E-state index contributed by atoms with van der Waals surface area (Å²) in [5.41, 5.74) is 0.938. The Hall–Kier alpha value is -1.92. The van der Waals surface area contributed by atoms with Crippen LogP contribution in [0, 0.1) is 5.92 Å². The number of morpholine rings is 1. The molecule has 2 amide bonds. The van der Waals surface area contributed by atoms with Crippen molar-refractivity contribution in [3.05, 3.63) is 34.7 Å². The summed E-state index contributed by atoms with van der Waals surface area (Å²) < 4.78 is 7.12. The Balaban J connectivity index is 1.59. The second-order valence-corrected chi connectivity index (χ2v) is 8.93. The van der Waals surface area contributed by atoms with Crippen LogP contribution in [-0.2, 0) is 9.53 Å². The molecule has 0 unspecified atom stereocenters. The first-order valence-electron chi connectivity index (χ1n) is 10.3. The van der Waals surface area contributed by atoms with Gasteiger partial charge in [0.05, 0.1) is 18.0 Å². The molecule has 2 fully saturated rings. The van der Waals surface area contributed by atoms with E-state index in [0.29, 0.717) is 25.6 Å². The maximum Gasteiger partial charge on any atom is 0.261 e. The molecule has 150 valence electrons. The molecule has 0 radical (unpaired) electrons. The van der Waals surface area contributed by atoms with E-state index in [-0.39, 0.29) is 17.9 Å². The smallest absolute Gasteiger partial charge is 0.261 e. The topological polar surface area (TPSA) is 58.6 Å². The Morgan fingerprint density at radius 3 is 2.79 bits per heavy atom. The van der Waals surface area contributed by atoms with Crippen molar-refractivity contribution in [2.75, 3.05) is 26.2 Å². The number of carbonyl (C=O) groups is 2. The summed E-state index contributed by atoms with van der Waals surface area (Å²) in [6, 6.07) is 8.09. The number of hydrogen-bond acceptors (Lipinski definition) is 4. The number of benzene rings is 1. The van der Waals surface area contributed by atoms with Crippen LogP contribution in [0.5, 0.6) is 0 Å². The van der Waals surface area contributed by atoms with E-state index in [0.717, 1.165) is 27.1 Å². The molecule has 6 heteroatoms. The first-order valence-corrected chi connectivity index (χ1v) is 11.1. The van der Waals surface area contributed by atoms with Crippen molar-refractivity contribution in [1.82, 2.24) is 10.2 Å². The van der Waals surface area contributed by atoms with E-state index in [9.17, 15) is 9.59 Å². The van der Waals surface area contributed by atoms with Crippen molar-refractivity contribution in [2.45, 2.75) is 45.1 Å². The molecule has 1 saturated heterocycles. The van der Waals surface area contributed by atoms with Gasteiger partial charge in [0.15, 0.2) is 0 Å². The highest BCUT2D eigenvalue weighted by molar-refractivity contribution is 7.21. The van der Waals surface area contributed by atoms with Gasteiger partial charge < -0.3 is 15.0 Å². The molecule has 0 spiro atoms. The van der Waals surface area contributed by atoms with E-state index in [1.165, 1.54) is 43.4 Å². The molecular formula is C22H28N2O3S. The molecule has 1 N–H and O–H groups in total. The van der Waals surface area contributed by atoms with Gasteiger partial charge in [-0.2, -0.15) is 0 Å². The zero-order valence-corrected chi connectivity index (χ0v) is 17.2. The van der Waals surface area contributed by atoms with Gasteiger partial charge in [-0.05, 0) is 30.2 Å². The molecule has 1 atom stereocenters. The first-order chi connectivity index (χ1) is 13.6. The van der Waals surface area contributed by atoms with E-state index < -0.39 is 0 Å². The van der Waals surface area contributed by atoms with E-state index in [2.05, 4.69) is 11.4 Å². The lowest BCUT2D eigenvalue weighted by atomic mass is 9.89. The van der Waals surface area contributed by atoms with Gasteiger partial charge in [0, 0.05) is 30.3 Å². The Labute approximate surface area is 170 Å². The number of ether oxygens (including phenoxy) is 1. The van der Waals surface area contributed by atoms with Crippen molar-refractivity contribution in [1.29, 1.82) is 0 Å². The highest BCUT2D eigenvalue weighted by Crippen LogP contribution is 2.38. The van der Waals surface area contributed by atoms with Crippen LogP contribution in [0.2, 0.25) is 0 Å². The van der Waals surface area contributed by atoms with Gasteiger partial charge in [-0.25, -0.2) is 0 Å². The third-order valence-corrected chi connectivity index (χ3v) is 7.14. The quantitative estimate of drug-likeness (QED) is 0.839. The monoisotopic (exact) mass is 400 g/mol. The fourth-order valence-electron chi connectivity index (χ4n) is 4.37. The third kappa shape index (κ3) is 4.08. The number of nitrogens with zero attached hydrogens (tertiary/aromatic N) is 1. The molecule has 5 nitrogen and oxygen atoms in total. The van der Waals surface area contributed by atoms with Gasteiger partial charge in [0.1, 0.15) is 6.10 Å². The zero-order chi connectivity index (χ0) is 19.5. The average Bonchev–Trinajstić information content (AvgIpc) is 3.12. The summed E-state index contributed by atoms with van der Waals surface area (Å²) in [7, 11) is 0. The minimum atomic E-state index is -0.260. The van der Waals surface area contributed by atoms with Crippen molar-refractivity contribution in [3.8, 4) is 0 Å². The van der Waals surface area contributed by atoms with Crippen molar-refractivity contribution < 1.29 is 14.3 Å². The standard InChI is InChI=1S/C22H28N2O3S/c1-15(25)24-11-12-27-18(14-24)20-17-9-5-6-10-19(17)28-21(20)22(26)23-13-16-7-3-2-4-8-16/h5-6,9-10,16,18H,2-4,7-8,11-14H2,1H3,(H,23,26)/t18-/m1/s1. The number of hydrogen-bond donors (Lipinski definition) is 1. The van der Waals surface area contributed by atoms with Crippen LogP contribution in [0.25, 0.3) is 10.1 Å². The predicted octanol–water partition coefficient (Wildman–Crippen LogP) is 4.13. The normalized spacial score (nSPS) is 21.0. The number of fused-ring (bicyclic) bond motifs is 1. The van der Waals surface area contributed by atoms with Crippen molar-refractivity contribution >= 4 is 33.2 Å². The maximum atomic E-state index is 13.1. The summed E-state index contributed by atoms with van der Waals surface area (Å²) in [5.74, 6) is 0.635. The Morgan fingerprint density at radius 1 is 1.21 bits per heavy atom. The number of carbonyl (C=O) groups excluding carboxylic acids is 2. The van der Waals surface area contributed by atoms with E-state index in [4.69, 9.17) is 4.74 Å². The van der Waals surface area contributed by atoms with Gasteiger partial charge >= 0.3 is 0 Å². The number of thiophene rings is 1. The Morgan fingerprint density at radius 2 is 2.00 bits per heavy atom. The minimum absolute atomic E-state index is 0.00896. The lowest BCUT2D eigenvalue weighted by Crippen LogP contribution is -2.41. The molecule has 2 aromatic rings. The highest BCUT2D eigenvalue weighted by atomic mass is 32.1. The molecule has 1 aliphatic heterocycles. The van der Waals surface area contributed by atoms with Crippen molar-refractivity contribution in [2.24, 2.45) is 5.92 Å². The number of rotatable bonds is 4. The first kappa shape index (κ1) is 19.4. The molecular weight excluding hydrogens is 372 g/mol. The molecule has 28 heavy (non-hydrogen) atoms. The van der Waals surface area contributed by atoms with Gasteiger partial charge in [0.2, 0.25) is 5.91 Å². The van der Waals surface area contributed by atoms with Crippen LogP contribution in [-0.4, -0.2) is 43.0 Å². The van der Waals surface area contributed by atoms with Crippen LogP contribution >= 0.6 is 11.3 Å². The van der Waals surface area contributed by atoms with Crippen LogP contribution in [0.3, 0.4) is 0 Å². The third-order valence-electron chi connectivity index (χ3n) is 5.95. The molecule has 2 heterocycles. The summed E-state index contributed by atoms with van der Waals surface area (Å²) >= 11 is 1.53. The Kier molecular flexibility index (Phi) is 5.97. The SMILES string of the molecule is CC(=O)N1CCO[C@@H](c2c(C(=O)NCC3CCCCC3)sc3ccccc23)C1. The van der Waals surface area contributed by atoms with Crippen LogP contribution in [0.15, 0.2) is 24.3 Å². The molecule has 1 aliphatic carbocycles. The number of amides is 2. The van der Waals surface area contributed by atoms with E-state index >= 15 is 0 Å². The molecule has 1 saturated carbocycles. The molecule has 0 bridgehead atoms. The lowest BCUT2D eigenvalue weighted by Gasteiger charge is -2.32. The summed E-state index contributed by atoms with van der Waals surface area (Å²) in [4.78, 5) is 27.5. The average molecular weight is 401 g/mol. The largest absolute Gasteiger partial charge is 0.370 e. The zero-order valence-electron chi connectivity index (χ0n) is 16.4. The molecule has 1 aromatic heterocycles. The van der Waals surface area contributed by atoms with Gasteiger partial charge in [0.25, 0.3) is 5.91 Å². The fourth-order valence-corrected chi connectivity index (χ4v) is 5.54. The second kappa shape index (κ2) is 8.62. The van der Waals surface area contributed by atoms with Crippen LogP contribution in [0.1, 0.15) is 60.4 Å². The van der Waals surface area contributed by atoms with Crippen LogP contribution in [0.4, 0.5) is 0 Å². The van der Waals surface area contributed by atoms with Gasteiger partial charge in [-0.1, -0.05) is 37.5 Å². The summed E-state index contributed by atoms with van der Waals surface area (Å²) in [6.07, 6.45) is 6.01. The second-order valence-electron chi connectivity index (χ2n) is 7.88. The minimum Gasteiger partial charge on any atom is -0.370 e. The Bertz CT molecular complexity index is 857. The van der Waals surface area contributed by atoms with Crippen molar-refractivity contribution in [3.63, 3.8) is 0 Å². The molecule has 4 rings (SSSR count). The molecule has 2 aliphatic rings. The van der Waals surface area contributed by atoms with E-state index in [1.54, 1.807) is 6.92 Å². The van der Waals surface area contributed by atoms with Gasteiger partial charge in [-0.3, -0.25) is 9.59 Å². The van der Waals surface area contributed by atoms with E-state index in [1.807, 2.05) is 23.1 Å². The van der Waals surface area contributed by atoms with Gasteiger partial charge in [-0.15, -0.1) is 11.3 Å².